The van der Waals surface area contributed by atoms with Crippen LogP contribution in [0.2, 0.25) is 0 Å². The number of benzene rings is 2. The first-order chi connectivity index (χ1) is 15.1. The van der Waals surface area contributed by atoms with Crippen molar-refractivity contribution in [1.82, 2.24) is 14.8 Å². The molecule has 1 aromatic heterocycles. The first kappa shape index (κ1) is 20.8. The third-order valence-electron chi connectivity index (χ3n) is 5.32. The minimum atomic E-state index is -0.369. The van der Waals surface area contributed by atoms with E-state index in [1.165, 1.54) is 30.0 Å². The summed E-state index contributed by atoms with van der Waals surface area (Å²) in [7, 11) is 0. The monoisotopic (exact) mass is 421 g/mol. The number of piperazine rings is 1. The molecule has 1 aliphatic rings. The lowest BCUT2D eigenvalue weighted by molar-refractivity contribution is 0.0622. The number of nitrogens with one attached hydrogen (secondary N) is 1. The highest BCUT2D eigenvalue weighted by molar-refractivity contribution is 5.92. The Hall–Kier alpha value is -3.45. The van der Waals surface area contributed by atoms with Crippen LogP contribution in [0.4, 0.5) is 4.39 Å². The van der Waals surface area contributed by atoms with Gasteiger partial charge in [0, 0.05) is 45.0 Å². The molecule has 2 aromatic carbocycles. The van der Waals surface area contributed by atoms with Gasteiger partial charge in [0.15, 0.2) is 5.75 Å². The van der Waals surface area contributed by atoms with E-state index in [1.807, 2.05) is 18.2 Å². The number of H-pyrrole nitrogens is 1. The second kappa shape index (κ2) is 9.57. The molecule has 0 unspecified atom stereocenters. The normalized spacial score (nSPS) is 14.4. The van der Waals surface area contributed by atoms with E-state index in [0.29, 0.717) is 13.1 Å². The summed E-state index contributed by atoms with van der Waals surface area (Å²) in [4.78, 5) is 32.1. The van der Waals surface area contributed by atoms with Crippen LogP contribution in [-0.2, 0) is 13.2 Å². The molecule has 4 rings (SSSR count). The van der Waals surface area contributed by atoms with Crippen molar-refractivity contribution < 1.29 is 13.9 Å². The maximum Gasteiger partial charge on any atom is 0.270 e. The highest BCUT2D eigenvalue weighted by Crippen LogP contribution is 2.12. The maximum absolute atomic E-state index is 13.0. The van der Waals surface area contributed by atoms with Crippen molar-refractivity contribution in [1.29, 1.82) is 0 Å². The van der Waals surface area contributed by atoms with Gasteiger partial charge in [0.05, 0.1) is 0 Å². The van der Waals surface area contributed by atoms with Crippen LogP contribution in [0.1, 0.15) is 21.6 Å². The van der Waals surface area contributed by atoms with Crippen molar-refractivity contribution in [3.05, 3.63) is 99.7 Å². The number of aromatic amines is 1. The molecule has 0 atom stereocenters. The third kappa shape index (κ3) is 5.38. The Bertz CT molecular complexity index is 1080. The van der Waals surface area contributed by atoms with Crippen molar-refractivity contribution in [3.8, 4) is 5.75 Å². The fraction of sp³-hybridized carbons (Fsp3) is 0.250. The number of carbonyl (C=O) groups is 1. The summed E-state index contributed by atoms with van der Waals surface area (Å²) in [6, 6.07) is 17.4. The first-order valence-corrected chi connectivity index (χ1v) is 10.2. The zero-order valence-corrected chi connectivity index (χ0v) is 17.1. The van der Waals surface area contributed by atoms with Crippen LogP contribution in [0, 0.1) is 5.82 Å². The molecule has 0 spiro atoms. The Labute approximate surface area is 179 Å². The second-order valence-corrected chi connectivity index (χ2v) is 7.54. The van der Waals surface area contributed by atoms with Crippen molar-refractivity contribution in [3.63, 3.8) is 0 Å². The van der Waals surface area contributed by atoms with Crippen LogP contribution in [0.3, 0.4) is 0 Å². The van der Waals surface area contributed by atoms with Crippen LogP contribution in [0.5, 0.6) is 5.75 Å². The van der Waals surface area contributed by atoms with E-state index in [9.17, 15) is 14.0 Å². The average molecular weight is 421 g/mol. The van der Waals surface area contributed by atoms with Gasteiger partial charge in [-0.25, -0.2) is 4.39 Å². The number of ether oxygens (including phenoxy) is 1. The summed E-state index contributed by atoms with van der Waals surface area (Å²) in [5, 5.41) is 0. The zero-order chi connectivity index (χ0) is 21.6. The molecular formula is C24H24FN3O3. The minimum Gasteiger partial charge on any atom is -0.483 e. The van der Waals surface area contributed by atoms with E-state index in [0.717, 1.165) is 25.2 Å². The molecular weight excluding hydrogens is 397 g/mol. The molecule has 1 saturated heterocycles. The van der Waals surface area contributed by atoms with E-state index < -0.39 is 0 Å². The lowest BCUT2D eigenvalue weighted by atomic mass is 10.2. The van der Waals surface area contributed by atoms with Crippen LogP contribution < -0.4 is 10.2 Å². The molecule has 6 nitrogen and oxygen atoms in total. The number of nitrogens with zero attached hydrogens (tertiary/aromatic N) is 2. The zero-order valence-electron chi connectivity index (χ0n) is 17.1. The molecule has 7 heteroatoms. The number of aromatic nitrogens is 1. The van der Waals surface area contributed by atoms with Gasteiger partial charge in [0.2, 0.25) is 5.43 Å². The number of rotatable bonds is 6. The van der Waals surface area contributed by atoms with Crippen molar-refractivity contribution in [2.75, 3.05) is 26.2 Å². The van der Waals surface area contributed by atoms with Gasteiger partial charge in [-0.2, -0.15) is 0 Å². The van der Waals surface area contributed by atoms with Crippen LogP contribution in [0.25, 0.3) is 0 Å². The van der Waals surface area contributed by atoms with Gasteiger partial charge in [-0.15, -0.1) is 0 Å². The van der Waals surface area contributed by atoms with E-state index in [1.54, 1.807) is 17.0 Å². The standard InChI is InChI=1S/C24H24FN3O3/c25-20-8-6-19(7-9-20)17-31-23-15-26-21(14-22(23)29)24(30)28-12-10-27(11-13-28)16-18-4-2-1-3-5-18/h1-9,14-15H,10-13,16-17H2,(H,26,29). The SMILES string of the molecule is O=C(c1cc(=O)c(OCc2ccc(F)cc2)c[nH]1)N1CCN(Cc2ccccc2)CC1. The Morgan fingerprint density at radius 1 is 0.968 bits per heavy atom. The van der Waals surface area contributed by atoms with Gasteiger partial charge in [0.25, 0.3) is 5.91 Å². The van der Waals surface area contributed by atoms with E-state index in [2.05, 4.69) is 22.0 Å². The largest absolute Gasteiger partial charge is 0.483 e. The summed E-state index contributed by atoms with van der Waals surface area (Å²) in [6.07, 6.45) is 1.41. The molecule has 31 heavy (non-hydrogen) atoms. The second-order valence-electron chi connectivity index (χ2n) is 7.54. The average Bonchev–Trinajstić information content (AvgIpc) is 2.80. The quantitative estimate of drug-likeness (QED) is 0.665. The van der Waals surface area contributed by atoms with Crippen LogP contribution >= 0.6 is 0 Å². The number of halogens is 1. The Morgan fingerprint density at radius 2 is 1.68 bits per heavy atom. The van der Waals surface area contributed by atoms with Gasteiger partial charge in [-0.05, 0) is 23.3 Å². The Kier molecular flexibility index (Phi) is 6.43. The molecule has 1 aliphatic heterocycles. The van der Waals surface area contributed by atoms with E-state index in [-0.39, 0.29) is 35.2 Å². The predicted octanol–water partition coefficient (Wildman–Crippen LogP) is 3.05. The van der Waals surface area contributed by atoms with Crippen LogP contribution in [0.15, 0.2) is 71.7 Å². The van der Waals surface area contributed by atoms with Crippen LogP contribution in [-0.4, -0.2) is 46.9 Å². The number of amides is 1. The maximum atomic E-state index is 13.0. The van der Waals surface area contributed by atoms with E-state index >= 15 is 0 Å². The van der Waals surface area contributed by atoms with Gasteiger partial charge in [-0.1, -0.05) is 42.5 Å². The highest BCUT2D eigenvalue weighted by Gasteiger charge is 2.23. The molecule has 3 aromatic rings. The van der Waals surface area contributed by atoms with Gasteiger partial charge in [0.1, 0.15) is 18.1 Å². The van der Waals surface area contributed by atoms with Crippen molar-refractivity contribution in [2.24, 2.45) is 0 Å². The number of pyridine rings is 1. The molecule has 2 heterocycles. The fourth-order valence-electron chi connectivity index (χ4n) is 3.56. The predicted molar refractivity (Wildman–Crippen MR) is 115 cm³/mol. The Balaban J connectivity index is 1.32. The topological polar surface area (TPSA) is 65.6 Å². The smallest absolute Gasteiger partial charge is 0.270 e. The fourth-order valence-corrected chi connectivity index (χ4v) is 3.56. The number of hydrogen-bond acceptors (Lipinski definition) is 4. The van der Waals surface area contributed by atoms with Gasteiger partial charge in [-0.3, -0.25) is 14.5 Å². The van der Waals surface area contributed by atoms with Crippen molar-refractivity contribution in [2.45, 2.75) is 13.2 Å². The summed E-state index contributed by atoms with van der Waals surface area (Å²) < 4.78 is 18.5. The molecule has 0 saturated carbocycles. The lowest BCUT2D eigenvalue weighted by Crippen LogP contribution is -2.48. The molecule has 1 fully saturated rings. The molecule has 1 amide bonds. The van der Waals surface area contributed by atoms with Gasteiger partial charge >= 0.3 is 0 Å². The molecule has 0 radical (unpaired) electrons. The molecule has 160 valence electrons. The van der Waals surface area contributed by atoms with E-state index in [4.69, 9.17) is 4.74 Å². The summed E-state index contributed by atoms with van der Waals surface area (Å²) >= 11 is 0. The summed E-state index contributed by atoms with van der Waals surface area (Å²) in [5.74, 6) is -0.402. The number of hydrogen-bond donors (Lipinski definition) is 1. The Morgan fingerprint density at radius 3 is 2.35 bits per heavy atom. The number of carbonyl (C=O) groups excluding carboxylic acids is 1. The highest BCUT2D eigenvalue weighted by atomic mass is 19.1. The lowest BCUT2D eigenvalue weighted by Gasteiger charge is -2.34. The molecule has 1 N–H and O–H groups in total. The van der Waals surface area contributed by atoms with Gasteiger partial charge < -0.3 is 14.6 Å². The third-order valence-corrected chi connectivity index (χ3v) is 5.32. The summed E-state index contributed by atoms with van der Waals surface area (Å²) in [6.45, 7) is 3.78. The molecule has 0 aliphatic carbocycles. The van der Waals surface area contributed by atoms with Crippen molar-refractivity contribution >= 4 is 5.91 Å². The minimum absolute atomic E-state index is 0.119. The first-order valence-electron chi connectivity index (χ1n) is 10.2. The summed E-state index contributed by atoms with van der Waals surface area (Å²) in [5.41, 5.74) is 1.87. The molecule has 0 bridgehead atoms.